The molecular formula is C13H14N2O2S. The van der Waals surface area contributed by atoms with Gasteiger partial charge in [-0.1, -0.05) is 11.2 Å². The van der Waals surface area contributed by atoms with Crippen molar-refractivity contribution in [3.63, 3.8) is 0 Å². The lowest BCUT2D eigenvalue weighted by atomic mass is 10.2. The molecule has 0 radical (unpaired) electrons. The number of carbonyl (C=O) groups is 1. The minimum absolute atomic E-state index is 0.151. The molecule has 2 aromatic heterocycles. The Morgan fingerprint density at radius 1 is 1.44 bits per heavy atom. The first-order chi connectivity index (χ1) is 8.83. The van der Waals surface area contributed by atoms with Crippen molar-refractivity contribution in [2.75, 3.05) is 13.1 Å². The van der Waals surface area contributed by atoms with Crippen LogP contribution in [-0.4, -0.2) is 29.1 Å². The quantitative estimate of drug-likeness (QED) is 0.854. The highest BCUT2D eigenvalue weighted by Gasteiger charge is 2.19. The Labute approximate surface area is 109 Å². The van der Waals surface area contributed by atoms with E-state index in [1.165, 1.54) is 0 Å². The second-order valence-electron chi connectivity index (χ2n) is 4.42. The van der Waals surface area contributed by atoms with Crippen LogP contribution in [0.3, 0.4) is 0 Å². The summed E-state index contributed by atoms with van der Waals surface area (Å²) in [6.07, 6.45) is 2.57. The van der Waals surface area contributed by atoms with E-state index in [0.717, 1.165) is 42.3 Å². The zero-order valence-corrected chi connectivity index (χ0v) is 10.8. The maximum absolute atomic E-state index is 12.0. The molecular weight excluding hydrogens is 248 g/mol. The first-order valence-electron chi connectivity index (χ1n) is 6.10. The standard InChI is InChI=1S/C13H14N2O2S/c16-13(15-5-1-2-6-15)9-10-8-11(17-14-10)12-4-3-7-18-12/h3-4,7-8H,1-2,5-6,9H2. The Balaban J connectivity index is 1.68. The normalized spacial score (nSPS) is 15.2. The smallest absolute Gasteiger partial charge is 0.228 e. The highest BCUT2D eigenvalue weighted by Crippen LogP contribution is 2.25. The number of amides is 1. The maximum Gasteiger partial charge on any atom is 0.228 e. The summed E-state index contributed by atoms with van der Waals surface area (Å²) in [5, 5.41) is 5.96. The number of nitrogens with zero attached hydrogens (tertiary/aromatic N) is 2. The molecule has 1 fully saturated rings. The molecule has 4 nitrogen and oxygen atoms in total. The summed E-state index contributed by atoms with van der Waals surface area (Å²) in [6.45, 7) is 1.77. The van der Waals surface area contributed by atoms with Gasteiger partial charge in [0.15, 0.2) is 5.76 Å². The monoisotopic (exact) mass is 262 g/mol. The van der Waals surface area contributed by atoms with Gasteiger partial charge in [-0.05, 0) is 24.3 Å². The van der Waals surface area contributed by atoms with Crippen LogP contribution in [0.25, 0.3) is 10.6 Å². The number of carbonyl (C=O) groups excluding carboxylic acids is 1. The van der Waals surface area contributed by atoms with Crippen LogP contribution in [0.15, 0.2) is 28.1 Å². The van der Waals surface area contributed by atoms with Crippen LogP contribution >= 0.6 is 11.3 Å². The second-order valence-corrected chi connectivity index (χ2v) is 5.37. The fraction of sp³-hybridized carbons (Fsp3) is 0.385. The minimum atomic E-state index is 0.151. The molecule has 0 bridgehead atoms. The van der Waals surface area contributed by atoms with E-state index in [2.05, 4.69) is 5.16 Å². The van der Waals surface area contributed by atoms with E-state index in [-0.39, 0.29) is 5.91 Å². The summed E-state index contributed by atoms with van der Waals surface area (Å²) in [6, 6.07) is 5.81. The summed E-state index contributed by atoms with van der Waals surface area (Å²) in [5.74, 6) is 0.896. The number of hydrogen-bond donors (Lipinski definition) is 0. The molecule has 5 heteroatoms. The fourth-order valence-electron chi connectivity index (χ4n) is 2.16. The van der Waals surface area contributed by atoms with Crippen LogP contribution < -0.4 is 0 Å². The largest absolute Gasteiger partial charge is 0.355 e. The van der Waals surface area contributed by atoms with Crippen LogP contribution in [0.1, 0.15) is 18.5 Å². The third-order valence-electron chi connectivity index (χ3n) is 3.11. The van der Waals surface area contributed by atoms with Crippen LogP contribution in [-0.2, 0) is 11.2 Å². The van der Waals surface area contributed by atoms with Gasteiger partial charge in [0.2, 0.25) is 5.91 Å². The van der Waals surface area contributed by atoms with Crippen LogP contribution in [0, 0.1) is 0 Å². The third kappa shape index (κ3) is 2.31. The van der Waals surface area contributed by atoms with Crippen molar-refractivity contribution in [3.8, 4) is 10.6 Å². The average molecular weight is 262 g/mol. The minimum Gasteiger partial charge on any atom is -0.355 e. The van der Waals surface area contributed by atoms with E-state index in [9.17, 15) is 4.79 Å². The van der Waals surface area contributed by atoms with Crippen molar-refractivity contribution in [2.24, 2.45) is 0 Å². The van der Waals surface area contributed by atoms with Crippen LogP contribution in [0.4, 0.5) is 0 Å². The predicted molar refractivity (Wildman–Crippen MR) is 69.3 cm³/mol. The lowest BCUT2D eigenvalue weighted by Gasteiger charge is -2.13. The molecule has 94 valence electrons. The van der Waals surface area contributed by atoms with Gasteiger partial charge in [0.25, 0.3) is 0 Å². The molecule has 1 aliphatic rings. The van der Waals surface area contributed by atoms with Crippen molar-refractivity contribution in [1.82, 2.24) is 10.1 Å². The van der Waals surface area contributed by atoms with Gasteiger partial charge in [0.1, 0.15) is 0 Å². The number of likely N-dealkylation sites (tertiary alicyclic amines) is 1. The molecule has 0 unspecified atom stereocenters. The number of rotatable bonds is 3. The molecule has 0 saturated carbocycles. The van der Waals surface area contributed by atoms with E-state index in [0.29, 0.717) is 6.42 Å². The molecule has 1 amide bonds. The van der Waals surface area contributed by atoms with Crippen LogP contribution in [0.5, 0.6) is 0 Å². The Morgan fingerprint density at radius 2 is 2.28 bits per heavy atom. The van der Waals surface area contributed by atoms with Crippen LogP contribution in [0.2, 0.25) is 0 Å². The first-order valence-corrected chi connectivity index (χ1v) is 6.98. The van der Waals surface area contributed by atoms with E-state index < -0.39 is 0 Å². The van der Waals surface area contributed by atoms with Crippen molar-refractivity contribution < 1.29 is 9.32 Å². The van der Waals surface area contributed by atoms with Gasteiger partial charge in [-0.25, -0.2) is 0 Å². The lowest BCUT2D eigenvalue weighted by molar-refractivity contribution is -0.129. The molecule has 3 heterocycles. The van der Waals surface area contributed by atoms with Crippen molar-refractivity contribution in [2.45, 2.75) is 19.3 Å². The molecule has 0 aromatic carbocycles. The van der Waals surface area contributed by atoms with Gasteiger partial charge >= 0.3 is 0 Å². The van der Waals surface area contributed by atoms with Gasteiger partial charge in [0.05, 0.1) is 17.0 Å². The molecule has 0 atom stereocenters. The fourth-order valence-corrected chi connectivity index (χ4v) is 2.84. The molecule has 1 aliphatic heterocycles. The van der Waals surface area contributed by atoms with Crippen molar-refractivity contribution >= 4 is 17.2 Å². The van der Waals surface area contributed by atoms with E-state index in [4.69, 9.17) is 4.52 Å². The van der Waals surface area contributed by atoms with Gasteiger partial charge in [-0.3, -0.25) is 4.79 Å². The predicted octanol–water partition coefficient (Wildman–Crippen LogP) is 2.57. The highest BCUT2D eigenvalue weighted by molar-refractivity contribution is 7.13. The van der Waals surface area contributed by atoms with E-state index >= 15 is 0 Å². The summed E-state index contributed by atoms with van der Waals surface area (Å²) in [4.78, 5) is 14.9. The Hall–Kier alpha value is -1.62. The van der Waals surface area contributed by atoms with Gasteiger partial charge in [-0.15, -0.1) is 11.3 Å². The Morgan fingerprint density at radius 3 is 3.00 bits per heavy atom. The lowest BCUT2D eigenvalue weighted by Crippen LogP contribution is -2.29. The van der Waals surface area contributed by atoms with E-state index in [1.54, 1.807) is 11.3 Å². The first kappa shape index (κ1) is 11.5. The summed E-state index contributed by atoms with van der Waals surface area (Å²) < 4.78 is 5.26. The van der Waals surface area contributed by atoms with Crippen molar-refractivity contribution in [1.29, 1.82) is 0 Å². The zero-order valence-electron chi connectivity index (χ0n) is 9.96. The van der Waals surface area contributed by atoms with Gasteiger partial charge in [0, 0.05) is 19.2 Å². The molecule has 3 rings (SSSR count). The summed E-state index contributed by atoms with van der Waals surface area (Å²) in [7, 11) is 0. The molecule has 0 spiro atoms. The Bertz CT molecular complexity index is 527. The number of hydrogen-bond acceptors (Lipinski definition) is 4. The van der Waals surface area contributed by atoms with E-state index in [1.807, 2.05) is 28.5 Å². The molecule has 18 heavy (non-hydrogen) atoms. The molecule has 1 saturated heterocycles. The summed E-state index contributed by atoms with van der Waals surface area (Å²) >= 11 is 1.60. The SMILES string of the molecule is O=C(Cc1cc(-c2cccs2)on1)N1CCCC1. The highest BCUT2D eigenvalue weighted by atomic mass is 32.1. The number of aromatic nitrogens is 1. The van der Waals surface area contributed by atoms with Gasteiger partial charge in [-0.2, -0.15) is 0 Å². The topological polar surface area (TPSA) is 46.3 Å². The maximum atomic E-state index is 12.0. The third-order valence-corrected chi connectivity index (χ3v) is 4.00. The number of thiophene rings is 1. The summed E-state index contributed by atoms with van der Waals surface area (Å²) in [5.41, 5.74) is 0.718. The van der Waals surface area contributed by atoms with Crippen molar-refractivity contribution in [3.05, 3.63) is 29.3 Å². The average Bonchev–Trinajstić information content (AvgIpc) is 3.12. The molecule has 0 N–H and O–H groups in total. The second kappa shape index (κ2) is 4.94. The molecule has 0 aliphatic carbocycles. The molecule has 2 aromatic rings. The van der Waals surface area contributed by atoms with Gasteiger partial charge < -0.3 is 9.42 Å². The Kier molecular flexibility index (Phi) is 3.15. The zero-order chi connectivity index (χ0) is 12.4.